The second-order valence-corrected chi connectivity index (χ2v) is 6.52. The van der Waals surface area contributed by atoms with Gasteiger partial charge in [0.15, 0.2) is 5.11 Å². The van der Waals surface area contributed by atoms with Gasteiger partial charge in [-0.2, -0.15) is 0 Å². The van der Waals surface area contributed by atoms with Crippen LogP contribution in [0, 0.1) is 6.92 Å². The first-order chi connectivity index (χ1) is 13.9. The molecule has 3 rings (SSSR count). The molecule has 0 saturated heterocycles. The molecule has 3 N–H and O–H groups in total. The first-order valence-corrected chi connectivity index (χ1v) is 8.99. The van der Waals surface area contributed by atoms with Crippen molar-refractivity contribution in [3.63, 3.8) is 0 Å². The van der Waals surface area contributed by atoms with E-state index in [1.807, 2.05) is 19.1 Å². The number of benzene rings is 2. The van der Waals surface area contributed by atoms with E-state index in [1.165, 1.54) is 13.2 Å². The Balaban J connectivity index is 1.80. The summed E-state index contributed by atoms with van der Waals surface area (Å²) < 4.78 is 10.7. The quantitative estimate of drug-likeness (QED) is 0.545. The van der Waals surface area contributed by atoms with Crippen LogP contribution < -0.4 is 15.4 Å². The van der Waals surface area contributed by atoms with Crippen LogP contribution in [-0.4, -0.2) is 29.2 Å². The summed E-state index contributed by atoms with van der Waals surface area (Å²) in [6, 6.07) is 15.2. The zero-order chi connectivity index (χ0) is 21.0. The number of carboxylic acids is 1. The number of aromatic carboxylic acids is 1. The maximum Gasteiger partial charge on any atom is 0.371 e. The van der Waals surface area contributed by atoms with E-state index in [2.05, 4.69) is 10.6 Å². The Morgan fingerprint density at radius 1 is 1.10 bits per heavy atom. The first kappa shape index (κ1) is 20.1. The predicted molar refractivity (Wildman–Crippen MR) is 113 cm³/mol. The largest absolute Gasteiger partial charge is 0.495 e. The lowest BCUT2D eigenvalue weighted by molar-refractivity contribution is 0.0663. The van der Waals surface area contributed by atoms with Crippen molar-refractivity contribution in [2.45, 2.75) is 6.92 Å². The van der Waals surface area contributed by atoms with Crippen molar-refractivity contribution < 1.29 is 23.8 Å². The molecule has 0 spiro atoms. The number of rotatable bonds is 5. The van der Waals surface area contributed by atoms with Crippen LogP contribution in [0.15, 0.2) is 59.0 Å². The molecule has 0 aliphatic rings. The van der Waals surface area contributed by atoms with Crippen molar-refractivity contribution in [1.82, 2.24) is 5.32 Å². The number of aryl methyl sites for hydroxylation is 1. The Morgan fingerprint density at radius 3 is 2.52 bits per heavy atom. The Bertz CT molecular complexity index is 1090. The molecular weight excluding hydrogens is 392 g/mol. The molecule has 0 aliphatic heterocycles. The van der Waals surface area contributed by atoms with Gasteiger partial charge in [-0.1, -0.05) is 18.2 Å². The maximum absolute atomic E-state index is 12.4. The van der Waals surface area contributed by atoms with Crippen LogP contribution in [0.5, 0.6) is 5.75 Å². The van der Waals surface area contributed by atoms with Gasteiger partial charge >= 0.3 is 5.97 Å². The molecule has 148 valence electrons. The van der Waals surface area contributed by atoms with Crippen LogP contribution in [0.1, 0.15) is 26.5 Å². The van der Waals surface area contributed by atoms with Crippen molar-refractivity contribution in [3.05, 3.63) is 71.5 Å². The van der Waals surface area contributed by atoms with Crippen molar-refractivity contribution >= 4 is 34.9 Å². The third-order valence-electron chi connectivity index (χ3n) is 4.17. The predicted octanol–water partition coefficient (Wildman–Crippen LogP) is 4.09. The minimum Gasteiger partial charge on any atom is -0.495 e. The SMILES string of the molecule is COc1ccc(-c2ccc(C(=O)O)o2)cc1NC(=S)NC(=O)c1ccccc1C. The summed E-state index contributed by atoms with van der Waals surface area (Å²) in [7, 11) is 1.50. The molecular formula is C21H18N2O5S. The van der Waals surface area contributed by atoms with Crippen LogP contribution in [-0.2, 0) is 0 Å². The van der Waals surface area contributed by atoms with Gasteiger partial charge in [0, 0.05) is 11.1 Å². The highest BCUT2D eigenvalue weighted by molar-refractivity contribution is 7.80. The lowest BCUT2D eigenvalue weighted by Gasteiger charge is -2.14. The van der Waals surface area contributed by atoms with Crippen LogP contribution >= 0.6 is 12.2 Å². The minimum absolute atomic E-state index is 0.0966. The fourth-order valence-electron chi connectivity index (χ4n) is 2.72. The van der Waals surface area contributed by atoms with Crippen molar-refractivity contribution in [3.8, 4) is 17.1 Å². The summed E-state index contributed by atoms with van der Waals surface area (Å²) in [5.41, 5.74) is 2.47. The summed E-state index contributed by atoms with van der Waals surface area (Å²) in [5, 5.41) is 14.7. The molecule has 1 amide bonds. The van der Waals surface area contributed by atoms with E-state index in [9.17, 15) is 9.59 Å². The molecule has 2 aromatic carbocycles. The standard InChI is InChI=1S/C21H18N2O5S/c1-12-5-3-4-6-14(12)19(24)23-21(29)22-15-11-13(7-8-17(15)27-2)16-9-10-18(28-16)20(25)26/h3-11H,1-2H3,(H,25,26)(H2,22,23,24,29). The average Bonchev–Trinajstić information content (AvgIpc) is 3.18. The fraction of sp³-hybridized carbons (Fsp3) is 0.0952. The van der Waals surface area contributed by atoms with Gasteiger partial charge in [0.2, 0.25) is 5.76 Å². The van der Waals surface area contributed by atoms with E-state index in [-0.39, 0.29) is 16.8 Å². The fourth-order valence-corrected chi connectivity index (χ4v) is 2.92. The Hall–Kier alpha value is -3.65. The molecule has 0 aliphatic carbocycles. The molecule has 0 bridgehead atoms. The third-order valence-corrected chi connectivity index (χ3v) is 4.37. The minimum atomic E-state index is -1.15. The van der Waals surface area contributed by atoms with E-state index >= 15 is 0 Å². The van der Waals surface area contributed by atoms with Gasteiger partial charge < -0.3 is 19.6 Å². The molecule has 3 aromatic rings. The van der Waals surface area contributed by atoms with Crippen LogP contribution in [0.3, 0.4) is 0 Å². The molecule has 8 heteroatoms. The number of hydrogen-bond acceptors (Lipinski definition) is 5. The molecule has 1 aromatic heterocycles. The topological polar surface area (TPSA) is 101 Å². The number of carbonyl (C=O) groups excluding carboxylic acids is 1. The number of ether oxygens (including phenoxy) is 1. The van der Waals surface area contributed by atoms with E-state index in [0.717, 1.165) is 5.56 Å². The Kier molecular flexibility index (Phi) is 5.94. The number of amides is 1. The summed E-state index contributed by atoms with van der Waals surface area (Å²) in [6.07, 6.45) is 0. The number of hydrogen-bond donors (Lipinski definition) is 3. The highest BCUT2D eigenvalue weighted by Crippen LogP contribution is 2.31. The van der Waals surface area contributed by atoms with Crippen molar-refractivity contribution in [1.29, 1.82) is 0 Å². The number of methoxy groups -OCH3 is 1. The second-order valence-electron chi connectivity index (χ2n) is 6.11. The number of carbonyl (C=O) groups is 2. The second kappa shape index (κ2) is 8.57. The van der Waals surface area contributed by atoms with Crippen LogP contribution in [0.25, 0.3) is 11.3 Å². The number of carboxylic acid groups (broad SMARTS) is 1. The maximum atomic E-state index is 12.4. The van der Waals surface area contributed by atoms with Crippen molar-refractivity contribution in [2.75, 3.05) is 12.4 Å². The molecule has 0 saturated carbocycles. The lowest BCUT2D eigenvalue weighted by Crippen LogP contribution is -2.34. The van der Waals surface area contributed by atoms with Gasteiger partial charge in [-0.3, -0.25) is 10.1 Å². The summed E-state index contributed by atoms with van der Waals surface area (Å²) in [6.45, 7) is 1.84. The molecule has 0 unspecified atom stereocenters. The van der Waals surface area contributed by atoms with Gasteiger partial charge in [0.25, 0.3) is 5.91 Å². The highest BCUT2D eigenvalue weighted by atomic mass is 32.1. The van der Waals surface area contributed by atoms with Gasteiger partial charge in [-0.25, -0.2) is 4.79 Å². The van der Waals surface area contributed by atoms with Gasteiger partial charge in [0.1, 0.15) is 11.5 Å². The number of furan rings is 1. The zero-order valence-corrected chi connectivity index (χ0v) is 16.5. The van der Waals surface area contributed by atoms with E-state index in [4.69, 9.17) is 26.5 Å². The Labute approximate surface area is 172 Å². The van der Waals surface area contributed by atoms with E-state index in [1.54, 1.807) is 36.4 Å². The van der Waals surface area contributed by atoms with Crippen molar-refractivity contribution in [2.24, 2.45) is 0 Å². The van der Waals surface area contributed by atoms with Gasteiger partial charge in [-0.15, -0.1) is 0 Å². The highest BCUT2D eigenvalue weighted by Gasteiger charge is 2.15. The van der Waals surface area contributed by atoms with E-state index < -0.39 is 5.97 Å². The normalized spacial score (nSPS) is 10.3. The van der Waals surface area contributed by atoms with E-state index in [0.29, 0.717) is 28.3 Å². The number of nitrogens with one attached hydrogen (secondary N) is 2. The molecule has 7 nitrogen and oxygen atoms in total. The third kappa shape index (κ3) is 4.61. The lowest BCUT2D eigenvalue weighted by atomic mass is 10.1. The van der Waals surface area contributed by atoms with Crippen LogP contribution in [0.2, 0.25) is 0 Å². The monoisotopic (exact) mass is 410 g/mol. The van der Waals surface area contributed by atoms with Gasteiger partial charge in [-0.05, 0) is 61.1 Å². The summed E-state index contributed by atoms with van der Waals surface area (Å²) >= 11 is 5.26. The average molecular weight is 410 g/mol. The molecule has 1 heterocycles. The Morgan fingerprint density at radius 2 is 1.86 bits per heavy atom. The smallest absolute Gasteiger partial charge is 0.371 e. The number of anilines is 1. The van der Waals surface area contributed by atoms with Crippen LogP contribution in [0.4, 0.5) is 5.69 Å². The molecule has 29 heavy (non-hydrogen) atoms. The molecule has 0 radical (unpaired) electrons. The van der Waals surface area contributed by atoms with Gasteiger partial charge in [0.05, 0.1) is 12.8 Å². The summed E-state index contributed by atoms with van der Waals surface area (Å²) in [5.74, 6) is -0.767. The molecule has 0 fully saturated rings. The zero-order valence-electron chi connectivity index (χ0n) is 15.7. The summed E-state index contributed by atoms with van der Waals surface area (Å²) in [4.78, 5) is 23.5. The molecule has 0 atom stereocenters. The number of thiocarbonyl (C=S) groups is 1. The first-order valence-electron chi connectivity index (χ1n) is 8.58.